The molecule has 1 rings (SSSR count). The number of aromatic hydroxyl groups is 1. The largest absolute Gasteiger partial charge is 0.508 e. The summed E-state index contributed by atoms with van der Waals surface area (Å²) in [5, 5.41) is 24.0. The molecule has 1 amide bonds. The van der Waals surface area contributed by atoms with E-state index in [-0.39, 0.29) is 18.1 Å². The maximum absolute atomic E-state index is 12.1. The van der Waals surface area contributed by atoms with E-state index < -0.39 is 17.6 Å². The lowest BCUT2D eigenvalue weighted by atomic mass is 10.0. The normalized spacial score (nSPS) is 12.7. The van der Waals surface area contributed by atoms with Gasteiger partial charge in [0, 0.05) is 6.42 Å². The Labute approximate surface area is 124 Å². The fraction of sp³-hybridized carbons (Fsp3) is 0.467. The summed E-state index contributed by atoms with van der Waals surface area (Å²) in [5.41, 5.74) is -0.112. The number of rotatable bonds is 7. The van der Waals surface area contributed by atoms with Gasteiger partial charge in [0.05, 0.1) is 5.54 Å². The van der Waals surface area contributed by atoms with Crippen LogP contribution in [-0.2, 0) is 16.0 Å². The SMILES string of the molecule is CCNC(C)(C)C(=O)N[C@H](Cc1ccc(O)cc1)C(=O)O. The number of aliphatic carboxylic acids is 1. The van der Waals surface area contributed by atoms with Crippen molar-refractivity contribution < 1.29 is 19.8 Å². The second-order valence-corrected chi connectivity index (χ2v) is 5.39. The topological polar surface area (TPSA) is 98.7 Å². The van der Waals surface area contributed by atoms with Crippen molar-refractivity contribution in [3.63, 3.8) is 0 Å². The number of phenolic OH excluding ortho intramolecular Hbond substituents is 1. The van der Waals surface area contributed by atoms with Crippen molar-refractivity contribution in [2.24, 2.45) is 0 Å². The molecule has 21 heavy (non-hydrogen) atoms. The molecule has 4 N–H and O–H groups in total. The van der Waals surface area contributed by atoms with Crippen LogP contribution in [-0.4, -0.2) is 40.2 Å². The second kappa shape index (κ2) is 7.08. The number of carbonyl (C=O) groups is 2. The summed E-state index contributed by atoms with van der Waals surface area (Å²) in [6, 6.07) is 5.22. The summed E-state index contributed by atoms with van der Waals surface area (Å²) in [7, 11) is 0. The number of amides is 1. The van der Waals surface area contributed by atoms with Crippen molar-refractivity contribution in [2.75, 3.05) is 6.54 Å². The van der Waals surface area contributed by atoms with Gasteiger partial charge in [-0.15, -0.1) is 0 Å². The van der Waals surface area contributed by atoms with Gasteiger partial charge in [-0.1, -0.05) is 19.1 Å². The third-order valence-corrected chi connectivity index (χ3v) is 3.17. The molecule has 6 heteroatoms. The van der Waals surface area contributed by atoms with E-state index >= 15 is 0 Å². The van der Waals surface area contributed by atoms with Crippen molar-refractivity contribution in [1.29, 1.82) is 0 Å². The lowest BCUT2D eigenvalue weighted by molar-refractivity contribution is -0.142. The molecule has 1 aromatic carbocycles. The molecule has 0 bridgehead atoms. The van der Waals surface area contributed by atoms with Gasteiger partial charge in [0.2, 0.25) is 5.91 Å². The standard InChI is InChI=1S/C15H22N2O4/c1-4-16-15(2,3)14(21)17-12(13(19)20)9-10-5-7-11(18)8-6-10/h5-8,12,16,18H,4,9H2,1-3H3,(H,17,21)(H,19,20)/t12-/m1/s1. The Bertz CT molecular complexity index is 497. The molecule has 0 spiro atoms. The Hall–Kier alpha value is -2.08. The zero-order valence-electron chi connectivity index (χ0n) is 12.5. The van der Waals surface area contributed by atoms with Crippen LogP contribution in [0.25, 0.3) is 0 Å². The number of hydrogen-bond acceptors (Lipinski definition) is 4. The van der Waals surface area contributed by atoms with Crippen LogP contribution >= 0.6 is 0 Å². The van der Waals surface area contributed by atoms with Crippen LogP contribution in [0.3, 0.4) is 0 Å². The van der Waals surface area contributed by atoms with E-state index in [1.54, 1.807) is 26.0 Å². The number of carbonyl (C=O) groups excluding carboxylic acids is 1. The van der Waals surface area contributed by atoms with Crippen molar-refractivity contribution in [3.8, 4) is 5.75 Å². The number of benzene rings is 1. The van der Waals surface area contributed by atoms with Gasteiger partial charge in [-0.2, -0.15) is 0 Å². The zero-order valence-corrected chi connectivity index (χ0v) is 12.5. The molecule has 0 radical (unpaired) electrons. The number of nitrogens with one attached hydrogen (secondary N) is 2. The summed E-state index contributed by atoms with van der Waals surface area (Å²) in [6.07, 6.45) is 0.156. The summed E-state index contributed by atoms with van der Waals surface area (Å²) in [5.74, 6) is -1.35. The highest BCUT2D eigenvalue weighted by Gasteiger charge is 2.30. The van der Waals surface area contributed by atoms with Crippen LogP contribution in [0.4, 0.5) is 0 Å². The average Bonchev–Trinajstić information content (AvgIpc) is 2.40. The van der Waals surface area contributed by atoms with Crippen molar-refractivity contribution in [2.45, 2.75) is 38.8 Å². The molecule has 0 unspecified atom stereocenters. The summed E-state index contributed by atoms with van der Waals surface area (Å²) in [4.78, 5) is 23.4. The van der Waals surface area contributed by atoms with E-state index in [0.717, 1.165) is 5.56 Å². The second-order valence-electron chi connectivity index (χ2n) is 5.39. The highest BCUT2D eigenvalue weighted by molar-refractivity contribution is 5.89. The predicted molar refractivity (Wildman–Crippen MR) is 79.1 cm³/mol. The van der Waals surface area contributed by atoms with Gasteiger partial charge in [-0.05, 0) is 38.1 Å². The molecule has 1 atom stereocenters. The average molecular weight is 294 g/mol. The quantitative estimate of drug-likeness (QED) is 0.599. The number of phenols is 1. The van der Waals surface area contributed by atoms with E-state index in [1.807, 2.05) is 6.92 Å². The highest BCUT2D eigenvalue weighted by atomic mass is 16.4. The minimum Gasteiger partial charge on any atom is -0.508 e. The number of carboxylic acid groups (broad SMARTS) is 1. The Kier molecular flexibility index (Phi) is 5.72. The van der Waals surface area contributed by atoms with Crippen LogP contribution in [0.15, 0.2) is 24.3 Å². The lowest BCUT2D eigenvalue weighted by Crippen LogP contribution is -2.56. The Balaban J connectivity index is 2.76. The fourth-order valence-electron chi connectivity index (χ4n) is 1.93. The van der Waals surface area contributed by atoms with E-state index in [1.165, 1.54) is 12.1 Å². The first kappa shape index (κ1) is 17.0. The molecule has 116 valence electrons. The molecule has 0 fully saturated rings. The molecule has 0 saturated carbocycles. The predicted octanol–water partition coefficient (Wildman–Crippen LogP) is 0.892. The first-order chi connectivity index (χ1) is 9.76. The molecule has 6 nitrogen and oxygen atoms in total. The molecule has 0 saturated heterocycles. The van der Waals surface area contributed by atoms with Crippen LogP contribution in [0.2, 0.25) is 0 Å². The maximum Gasteiger partial charge on any atom is 0.326 e. The molecular formula is C15H22N2O4. The smallest absolute Gasteiger partial charge is 0.326 e. The summed E-state index contributed by atoms with van der Waals surface area (Å²) >= 11 is 0. The van der Waals surface area contributed by atoms with Gasteiger partial charge >= 0.3 is 5.97 Å². The fourth-order valence-corrected chi connectivity index (χ4v) is 1.93. The molecule has 0 aliphatic rings. The first-order valence-corrected chi connectivity index (χ1v) is 6.83. The molecule has 0 heterocycles. The number of likely N-dealkylation sites (N-methyl/N-ethyl adjacent to an activating group) is 1. The third-order valence-electron chi connectivity index (χ3n) is 3.17. The van der Waals surface area contributed by atoms with Gasteiger partial charge in [-0.3, -0.25) is 4.79 Å². The highest BCUT2D eigenvalue weighted by Crippen LogP contribution is 2.12. The Morgan fingerprint density at radius 1 is 1.24 bits per heavy atom. The van der Waals surface area contributed by atoms with Gasteiger partial charge < -0.3 is 20.8 Å². The van der Waals surface area contributed by atoms with Gasteiger partial charge in [0.15, 0.2) is 0 Å². The molecule has 0 aliphatic carbocycles. The maximum atomic E-state index is 12.1. The Morgan fingerprint density at radius 3 is 2.29 bits per heavy atom. The van der Waals surface area contributed by atoms with Gasteiger partial charge in [-0.25, -0.2) is 4.79 Å². The van der Waals surface area contributed by atoms with Crippen molar-refractivity contribution in [1.82, 2.24) is 10.6 Å². The van der Waals surface area contributed by atoms with E-state index in [4.69, 9.17) is 0 Å². The minimum absolute atomic E-state index is 0.114. The summed E-state index contributed by atoms with van der Waals surface area (Å²) in [6.45, 7) is 5.88. The lowest BCUT2D eigenvalue weighted by Gasteiger charge is -2.26. The molecular weight excluding hydrogens is 272 g/mol. The molecule has 0 aromatic heterocycles. The van der Waals surface area contributed by atoms with Gasteiger partial charge in [0.1, 0.15) is 11.8 Å². The van der Waals surface area contributed by atoms with Crippen LogP contribution < -0.4 is 10.6 Å². The Morgan fingerprint density at radius 2 is 1.81 bits per heavy atom. The molecule has 1 aromatic rings. The zero-order chi connectivity index (χ0) is 16.0. The first-order valence-electron chi connectivity index (χ1n) is 6.83. The third kappa shape index (κ3) is 5.07. The van der Waals surface area contributed by atoms with Crippen LogP contribution in [0.1, 0.15) is 26.3 Å². The van der Waals surface area contributed by atoms with Crippen LogP contribution in [0, 0.1) is 0 Å². The van der Waals surface area contributed by atoms with E-state index in [0.29, 0.717) is 6.54 Å². The number of carboxylic acids is 1. The van der Waals surface area contributed by atoms with E-state index in [9.17, 15) is 19.8 Å². The number of hydrogen-bond donors (Lipinski definition) is 4. The molecule has 0 aliphatic heterocycles. The van der Waals surface area contributed by atoms with Crippen LogP contribution in [0.5, 0.6) is 5.75 Å². The summed E-state index contributed by atoms with van der Waals surface area (Å²) < 4.78 is 0. The van der Waals surface area contributed by atoms with E-state index in [2.05, 4.69) is 10.6 Å². The monoisotopic (exact) mass is 294 g/mol. The van der Waals surface area contributed by atoms with Gasteiger partial charge in [0.25, 0.3) is 0 Å². The van der Waals surface area contributed by atoms with Crippen molar-refractivity contribution in [3.05, 3.63) is 29.8 Å². The van der Waals surface area contributed by atoms with Crippen molar-refractivity contribution >= 4 is 11.9 Å². The minimum atomic E-state index is -1.09.